The molecule has 0 aromatic rings. The lowest BCUT2D eigenvalue weighted by molar-refractivity contribution is -0.151. The van der Waals surface area contributed by atoms with E-state index in [4.69, 9.17) is 16.2 Å². The van der Waals surface area contributed by atoms with E-state index in [1.54, 1.807) is 6.92 Å². The summed E-state index contributed by atoms with van der Waals surface area (Å²) in [6.07, 6.45) is 0.573. The van der Waals surface area contributed by atoms with Gasteiger partial charge in [-0.05, 0) is 39.5 Å². The number of aliphatic hydroxyl groups excluding tert-OH is 1. The Hall–Kier alpha value is -2.24. The highest BCUT2D eigenvalue weighted by atomic mass is 16.5. The second-order valence-corrected chi connectivity index (χ2v) is 7.60. The topological polar surface area (TPSA) is 168 Å². The van der Waals surface area contributed by atoms with Crippen LogP contribution in [0.1, 0.15) is 39.5 Å². The molecule has 0 saturated carbocycles. The third-order valence-electron chi connectivity index (χ3n) is 5.43. The monoisotopic (exact) mass is 413 g/mol. The Morgan fingerprint density at radius 3 is 2.48 bits per heavy atom. The first-order valence-corrected chi connectivity index (χ1v) is 9.87. The van der Waals surface area contributed by atoms with Crippen LogP contribution in [0.4, 0.5) is 0 Å². The highest BCUT2D eigenvalue weighted by Crippen LogP contribution is 2.28. The predicted octanol–water partition coefficient (Wildman–Crippen LogP) is -2.36. The summed E-state index contributed by atoms with van der Waals surface area (Å²) in [5, 5.41) is 12.1. The second kappa shape index (κ2) is 9.99. The highest BCUT2D eigenvalue weighted by Gasteiger charge is 2.44. The van der Waals surface area contributed by atoms with Crippen molar-refractivity contribution in [3.8, 4) is 0 Å². The number of nitrogens with two attached hydrogens (primary N) is 2. The average molecular weight is 413 g/mol. The fraction of sp³-hybridized carbons (Fsp3) is 0.778. The van der Waals surface area contributed by atoms with E-state index in [0.29, 0.717) is 45.2 Å². The maximum absolute atomic E-state index is 13.1. The Balaban J connectivity index is 2.08. The number of carbonyl (C=O) groups excluding carboxylic acids is 4. The summed E-state index contributed by atoms with van der Waals surface area (Å²) in [5.41, 5.74) is 10.8. The highest BCUT2D eigenvalue weighted by molar-refractivity contribution is 5.93. The van der Waals surface area contributed by atoms with Crippen LogP contribution in [0, 0.1) is 0 Å². The minimum absolute atomic E-state index is 0.257. The van der Waals surface area contributed by atoms with Crippen molar-refractivity contribution in [2.75, 3.05) is 13.1 Å². The van der Waals surface area contributed by atoms with E-state index in [9.17, 15) is 24.3 Å². The molecule has 0 aromatic heterocycles. The molecule has 29 heavy (non-hydrogen) atoms. The van der Waals surface area contributed by atoms with Gasteiger partial charge in [-0.25, -0.2) is 0 Å². The number of hydrogen-bond acceptors (Lipinski definition) is 7. The molecule has 0 radical (unpaired) electrons. The molecule has 2 heterocycles. The van der Waals surface area contributed by atoms with Crippen molar-refractivity contribution < 1.29 is 29.0 Å². The number of carbonyl (C=O) groups is 4. The van der Waals surface area contributed by atoms with Gasteiger partial charge in [-0.3, -0.25) is 19.2 Å². The molecule has 6 N–H and O–H groups in total. The van der Waals surface area contributed by atoms with Crippen LogP contribution >= 0.6 is 0 Å². The zero-order valence-corrected chi connectivity index (χ0v) is 16.8. The van der Waals surface area contributed by atoms with E-state index in [0.717, 1.165) is 0 Å². The number of rotatable bonds is 9. The first kappa shape index (κ1) is 23.0. The van der Waals surface area contributed by atoms with Gasteiger partial charge in [0.1, 0.15) is 24.4 Å². The molecule has 0 bridgehead atoms. The van der Waals surface area contributed by atoms with Gasteiger partial charge in [0.15, 0.2) is 0 Å². The van der Waals surface area contributed by atoms with Crippen LogP contribution in [0.2, 0.25) is 0 Å². The lowest BCUT2D eigenvalue weighted by Crippen LogP contribution is -2.57. The van der Waals surface area contributed by atoms with E-state index in [1.807, 2.05) is 0 Å². The van der Waals surface area contributed by atoms with Gasteiger partial charge in [0.2, 0.25) is 24.1 Å². The summed E-state index contributed by atoms with van der Waals surface area (Å²) in [4.78, 5) is 51.6. The van der Waals surface area contributed by atoms with Crippen LogP contribution in [-0.4, -0.2) is 88.7 Å². The zero-order valence-electron chi connectivity index (χ0n) is 16.8. The molecule has 2 fully saturated rings. The second-order valence-electron chi connectivity index (χ2n) is 7.60. The maximum Gasteiger partial charge on any atom is 0.246 e. The first-order chi connectivity index (χ1) is 13.7. The number of hydrogen-bond donors (Lipinski definition) is 4. The van der Waals surface area contributed by atoms with E-state index in [2.05, 4.69) is 5.32 Å². The quantitative estimate of drug-likeness (QED) is 0.306. The number of likely N-dealkylation sites (tertiary alicyclic amines) is 2. The minimum Gasteiger partial charge on any atom is -0.391 e. The van der Waals surface area contributed by atoms with Gasteiger partial charge in [0.05, 0.1) is 12.2 Å². The van der Waals surface area contributed by atoms with E-state index in [1.165, 1.54) is 16.7 Å². The van der Waals surface area contributed by atoms with Crippen molar-refractivity contribution >= 4 is 24.1 Å². The number of aliphatic hydroxyl groups is 1. The molecule has 6 atom stereocenters. The van der Waals surface area contributed by atoms with Crippen LogP contribution in [-0.2, 0) is 23.9 Å². The Morgan fingerprint density at radius 1 is 1.24 bits per heavy atom. The summed E-state index contributed by atoms with van der Waals surface area (Å²) < 4.78 is 5.73. The number of nitrogens with zero attached hydrogens (tertiary/aromatic N) is 2. The van der Waals surface area contributed by atoms with Gasteiger partial charge >= 0.3 is 0 Å². The number of ether oxygens (including phenoxy) is 1. The van der Waals surface area contributed by atoms with Crippen LogP contribution in [0.25, 0.3) is 0 Å². The number of nitrogens with one attached hydrogen (secondary N) is 1. The molecule has 0 spiro atoms. The molecule has 164 valence electrons. The van der Waals surface area contributed by atoms with Gasteiger partial charge in [0, 0.05) is 13.1 Å². The Bertz CT molecular complexity index is 630. The molecule has 0 aliphatic carbocycles. The fourth-order valence-corrected chi connectivity index (χ4v) is 3.83. The summed E-state index contributed by atoms with van der Waals surface area (Å²) >= 11 is 0. The van der Waals surface area contributed by atoms with Gasteiger partial charge < -0.3 is 36.4 Å². The normalized spacial score (nSPS) is 27.4. The minimum atomic E-state index is -1.24. The van der Waals surface area contributed by atoms with Gasteiger partial charge in [0.25, 0.3) is 0 Å². The maximum atomic E-state index is 13.1. The molecule has 3 unspecified atom stereocenters. The lowest BCUT2D eigenvalue weighted by Gasteiger charge is -2.32. The van der Waals surface area contributed by atoms with Gasteiger partial charge in [-0.1, -0.05) is 0 Å². The largest absolute Gasteiger partial charge is 0.391 e. The molecular weight excluding hydrogens is 382 g/mol. The molecule has 2 rings (SSSR count). The molecule has 2 saturated heterocycles. The van der Waals surface area contributed by atoms with Crippen molar-refractivity contribution in [3.63, 3.8) is 0 Å². The molecule has 0 aromatic carbocycles. The van der Waals surface area contributed by atoms with Crippen molar-refractivity contribution in [2.24, 2.45) is 11.5 Å². The van der Waals surface area contributed by atoms with Crippen molar-refractivity contribution in [1.29, 1.82) is 0 Å². The first-order valence-electron chi connectivity index (χ1n) is 9.87. The summed E-state index contributed by atoms with van der Waals surface area (Å²) in [5.74, 6) is -1.75. The van der Waals surface area contributed by atoms with Crippen LogP contribution in [0.15, 0.2) is 0 Å². The van der Waals surface area contributed by atoms with Crippen LogP contribution in [0.3, 0.4) is 0 Å². The Morgan fingerprint density at radius 2 is 1.93 bits per heavy atom. The number of amides is 4. The van der Waals surface area contributed by atoms with Crippen molar-refractivity contribution in [1.82, 2.24) is 15.1 Å². The molecule has 2 aliphatic rings. The smallest absolute Gasteiger partial charge is 0.246 e. The van der Waals surface area contributed by atoms with E-state index < -0.39 is 42.3 Å². The zero-order chi connectivity index (χ0) is 21.7. The summed E-state index contributed by atoms with van der Waals surface area (Å²) in [7, 11) is 0. The molecule has 11 heteroatoms. The van der Waals surface area contributed by atoms with Crippen molar-refractivity contribution in [3.05, 3.63) is 0 Å². The van der Waals surface area contributed by atoms with Gasteiger partial charge in [-0.15, -0.1) is 0 Å². The molecular formula is C18H31N5O6. The number of primary amides is 1. The third kappa shape index (κ3) is 5.22. The average Bonchev–Trinajstić information content (AvgIpc) is 3.31. The van der Waals surface area contributed by atoms with Gasteiger partial charge in [-0.2, -0.15) is 0 Å². The molecule has 2 aliphatic heterocycles. The SMILES string of the molecule is C[C@H](CN)OC1CCC(C(=O)N2CCCC2C(=O)N[C@H](C(N)=O)[C@@H](C)O)N1C=O. The Labute approximate surface area is 169 Å². The fourth-order valence-electron chi connectivity index (χ4n) is 3.83. The lowest BCUT2D eigenvalue weighted by atomic mass is 10.1. The third-order valence-corrected chi connectivity index (χ3v) is 5.43. The standard InChI is InChI=1S/C18H31N5O6/c1-10(8-19)29-14-6-5-13(23(14)9-24)18(28)22-7-3-4-12(22)17(27)21-15(11(2)25)16(20)26/h9-15,25H,3-8,19H2,1-2H3,(H2,20,26)(H,21,27)/t10-,11-,12?,13?,14?,15+/m1/s1. The molecule has 11 nitrogen and oxygen atoms in total. The van der Waals surface area contributed by atoms with Crippen molar-refractivity contribution in [2.45, 2.75) is 76.1 Å². The summed E-state index contributed by atoms with van der Waals surface area (Å²) in [6, 6.07) is -2.76. The summed E-state index contributed by atoms with van der Waals surface area (Å²) in [6.45, 7) is 3.79. The Kier molecular flexibility index (Phi) is 7.94. The van der Waals surface area contributed by atoms with E-state index in [-0.39, 0.29) is 12.0 Å². The van der Waals surface area contributed by atoms with E-state index >= 15 is 0 Å². The molecule has 4 amide bonds. The predicted molar refractivity (Wildman–Crippen MR) is 102 cm³/mol. The van der Waals surface area contributed by atoms with Crippen LogP contribution < -0.4 is 16.8 Å². The van der Waals surface area contributed by atoms with Crippen LogP contribution in [0.5, 0.6) is 0 Å².